The lowest BCUT2D eigenvalue weighted by atomic mass is 9.84. The Hall–Kier alpha value is -1.30. The fraction of sp³-hybridized carbons (Fsp3) is 0.882. The number of alkyl carbamates (subject to hydrolysis) is 1. The summed E-state index contributed by atoms with van der Waals surface area (Å²) in [7, 11) is 0. The number of nitrogens with two attached hydrogens (primary N) is 1. The van der Waals surface area contributed by atoms with Gasteiger partial charge in [0.25, 0.3) is 0 Å². The molecule has 0 aromatic rings. The molecule has 1 saturated heterocycles. The molecule has 1 aliphatic rings. The van der Waals surface area contributed by atoms with Crippen molar-refractivity contribution in [2.24, 2.45) is 5.73 Å². The van der Waals surface area contributed by atoms with Gasteiger partial charge in [0.1, 0.15) is 5.60 Å². The van der Waals surface area contributed by atoms with Crippen molar-refractivity contribution < 1.29 is 14.3 Å². The van der Waals surface area contributed by atoms with Crippen LogP contribution in [0.2, 0.25) is 0 Å². The van der Waals surface area contributed by atoms with Gasteiger partial charge in [-0.3, -0.25) is 4.79 Å². The van der Waals surface area contributed by atoms with Crippen LogP contribution in [0.5, 0.6) is 0 Å². The lowest BCUT2D eigenvalue weighted by molar-refractivity contribution is -0.140. The van der Waals surface area contributed by atoms with E-state index in [0.717, 1.165) is 38.8 Å². The highest BCUT2D eigenvalue weighted by Gasteiger charge is 2.39. The standard InChI is InChI=1S/C17H33N3O3/c1-5-6-12-20-13-8-10-17(18,14(20)21)9-7-11-19-15(22)23-16(2,3)4/h5-13,18H2,1-4H3,(H,19,22). The van der Waals surface area contributed by atoms with E-state index in [9.17, 15) is 9.59 Å². The third-order valence-corrected chi connectivity index (χ3v) is 4.01. The number of rotatable bonds is 7. The van der Waals surface area contributed by atoms with Crippen LogP contribution in [-0.4, -0.2) is 47.7 Å². The molecule has 1 fully saturated rings. The van der Waals surface area contributed by atoms with Crippen LogP contribution in [0.25, 0.3) is 0 Å². The van der Waals surface area contributed by atoms with Crippen molar-refractivity contribution in [1.82, 2.24) is 10.2 Å². The highest BCUT2D eigenvalue weighted by atomic mass is 16.6. The molecule has 6 heteroatoms. The van der Waals surface area contributed by atoms with Crippen LogP contribution < -0.4 is 11.1 Å². The Morgan fingerprint density at radius 2 is 2.09 bits per heavy atom. The zero-order valence-corrected chi connectivity index (χ0v) is 15.1. The number of likely N-dealkylation sites (tertiary alicyclic amines) is 1. The Morgan fingerprint density at radius 1 is 1.39 bits per heavy atom. The van der Waals surface area contributed by atoms with E-state index in [0.29, 0.717) is 19.4 Å². The molecule has 23 heavy (non-hydrogen) atoms. The van der Waals surface area contributed by atoms with E-state index in [1.165, 1.54) is 0 Å². The minimum Gasteiger partial charge on any atom is -0.444 e. The number of carbonyl (C=O) groups excluding carboxylic acids is 2. The fourth-order valence-electron chi connectivity index (χ4n) is 2.81. The molecule has 1 aliphatic heterocycles. The Bertz CT molecular complexity index is 406. The molecule has 1 atom stereocenters. The lowest BCUT2D eigenvalue weighted by Crippen LogP contribution is -2.59. The quantitative estimate of drug-likeness (QED) is 0.703. The van der Waals surface area contributed by atoms with Gasteiger partial charge in [0.15, 0.2) is 0 Å². The summed E-state index contributed by atoms with van der Waals surface area (Å²) in [6, 6.07) is 0. The lowest BCUT2D eigenvalue weighted by Gasteiger charge is -2.39. The molecule has 0 bridgehead atoms. The zero-order valence-electron chi connectivity index (χ0n) is 15.1. The summed E-state index contributed by atoms with van der Waals surface area (Å²) < 4.78 is 5.18. The minimum absolute atomic E-state index is 0.0643. The molecule has 0 saturated carbocycles. The maximum atomic E-state index is 12.6. The van der Waals surface area contributed by atoms with Crippen LogP contribution in [0, 0.1) is 0 Å². The molecule has 0 aromatic heterocycles. The van der Waals surface area contributed by atoms with E-state index in [-0.39, 0.29) is 5.91 Å². The van der Waals surface area contributed by atoms with Gasteiger partial charge in [-0.2, -0.15) is 0 Å². The predicted octanol–water partition coefficient (Wildman–Crippen LogP) is 2.41. The number of piperidine rings is 1. The predicted molar refractivity (Wildman–Crippen MR) is 91.1 cm³/mol. The number of ether oxygens (including phenoxy) is 1. The summed E-state index contributed by atoms with van der Waals surface area (Å²) in [6.45, 7) is 9.67. The van der Waals surface area contributed by atoms with E-state index < -0.39 is 17.2 Å². The number of hydrogen-bond donors (Lipinski definition) is 2. The second kappa shape index (κ2) is 8.52. The second-order valence-electron chi connectivity index (χ2n) is 7.44. The summed E-state index contributed by atoms with van der Waals surface area (Å²) in [5.41, 5.74) is 5.07. The molecule has 0 aromatic carbocycles. The first-order valence-electron chi connectivity index (χ1n) is 8.73. The van der Waals surface area contributed by atoms with Gasteiger partial charge in [-0.15, -0.1) is 0 Å². The third-order valence-electron chi connectivity index (χ3n) is 4.01. The summed E-state index contributed by atoms with van der Waals surface area (Å²) in [4.78, 5) is 26.0. The van der Waals surface area contributed by atoms with Crippen molar-refractivity contribution in [2.45, 2.75) is 77.4 Å². The molecular weight excluding hydrogens is 294 g/mol. The summed E-state index contributed by atoms with van der Waals surface area (Å²) in [6.07, 6.45) is 4.59. The average Bonchev–Trinajstić information content (AvgIpc) is 2.44. The first kappa shape index (κ1) is 19.7. The van der Waals surface area contributed by atoms with Crippen molar-refractivity contribution in [2.75, 3.05) is 19.6 Å². The zero-order chi connectivity index (χ0) is 17.5. The van der Waals surface area contributed by atoms with Gasteiger partial charge in [-0.1, -0.05) is 13.3 Å². The maximum absolute atomic E-state index is 12.6. The molecule has 0 radical (unpaired) electrons. The van der Waals surface area contributed by atoms with E-state index in [4.69, 9.17) is 10.5 Å². The molecule has 6 nitrogen and oxygen atoms in total. The summed E-state index contributed by atoms with van der Waals surface area (Å²) >= 11 is 0. The van der Waals surface area contributed by atoms with Gasteiger partial charge in [0, 0.05) is 19.6 Å². The third kappa shape index (κ3) is 6.77. The van der Waals surface area contributed by atoms with Crippen LogP contribution in [-0.2, 0) is 9.53 Å². The fourth-order valence-corrected chi connectivity index (χ4v) is 2.81. The molecule has 2 amide bonds. The van der Waals surface area contributed by atoms with Gasteiger partial charge in [-0.25, -0.2) is 4.79 Å². The number of unbranched alkanes of at least 4 members (excludes halogenated alkanes) is 1. The SMILES string of the molecule is CCCCN1CCCC(N)(CCCNC(=O)OC(C)(C)C)C1=O. The van der Waals surface area contributed by atoms with E-state index in [2.05, 4.69) is 12.2 Å². The van der Waals surface area contributed by atoms with Gasteiger partial charge in [-0.05, 0) is 52.9 Å². The highest BCUT2D eigenvalue weighted by Crippen LogP contribution is 2.25. The first-order valence-corrected chi connectivity index (χ1v) is 8.73. The Morgan fingerprint density at radius 3 is 2.70 bits per heavy atom. The van der Waals surface area contributed by atoms with Crippen molar-refractivity contribution >= 4 is 12.0 Å². The normalized spacial score (nSPS) is 22.1. The molecule has 1 unspecified atom stereocenters. The maximum Gasteiger partial charge on any atom is 0.407 e. The van der Waals surface area contributed by atoms with Crippen molar-refractivity contribution in [3.63, 3.8) is 0 Å². The number of nitrogens with one attached hydrogen (secondary N) is 1. The van der Waals surface area contributed by atoms with E-state index in [1.807, 2.05) is 25.7 Å². The molecule has 0 spiro atoms. The van der Waals surface area contributed by atoms with Gasteiger partial charge < -0.3 is 20.7 Å². The number of amides is 2. The van der Waals surface area contributed by atoms with Gasteiger partial charge in [0.05, 0.1) is 5.54 Å². The first-order chi connectivity index (χ1) is 10.7. The molecule has 0 aliphatic carbocycles. The van der Waals surface area contributed by atoms with Crippen LogP contribution in [0.15, 0.2) is 0 Å². The summed E-state index contributed by atoms with van der Waals surface area (Å²) in [5.74, 6) is 0.0643. The topological polar surface area (TPSA) is 84.7 Å². The van der Waals surface area contributed by atoms with Crippen molar-refractivity contribution in [3.05, 3.63) is 0 Å². The van der Waals surface area contributed by atoms with Gasteiger partial charge >= 0.3 is 6.09 Å². The van der Waals surface area contributed by atoms with Crippen molar-refractivity contribution in [1.29, 1.82) is 0 Å². The Kier molecular flexibility index (Phi) is 7.32. The minimum atomic E-state index is -0.776. The van der Waals surface area contributed by atoms with Crippen LogP contribution in [0.3, 0.4) is 0 Å². The Labute approximate surface area is 140 Å². The van der Waals surface area contributed by atoms with Crippen LogP contribution in [0.1, 0.15) is 66.2 Å². The second-order valence-corrected chi connectivity index (χ2v) is 7.44. The monoisotopic (exact) mass is 327 g/mol. The van der Waals surface area contributed by atoms with Crippen LogP contribution >= 0.6 is 0 Å². The molecular formula is C17H33N3O3. The van der Waals surface area contributed by atoms with Crippen molar-refractivity contribution in [3.8, 4) is 0 Å². The van der Waals surface area contributed by atoms with E-state index in [1.54, 1.807) is 0 Å². The molecule has 3 N–H and O–H groups in total. The summed E-state index contributed by atoms with van der Waals surface area (Å²) in [5, 5.41) is 2.71. The smallest absolute Gasteiger partial charge is 0.407 e. The highest BCUT2D eigenvalue weighted by molar-refractivity contribution is 5.86. The number of carbonyl (C=O) groups is 2. The number of nitrogens with zero attached hydrogens (tertiary/aromatic N) is 1. The number of hydrogen-bond acceptors (Lipinski definition) is 4. The molecule has 1 heterocycles. The molecule has 134 valence electrons. The Balaban J connectivity index is 2.37. The molecule has 1 rings (SSSR count). The van der Waals surface area contributed by atoms with Gasteiger partial charge in [0.2, 0.25) is 5.91 Å². The largest absolute Gasteiger partial charge is 0.444 e. The van der Waals surface area contributed by atoms with E-state index >= 15 is 0 Å². The average molecular weight is 327 g/mol. The van der Waals surface area contributed by atoms with Crippen LogP contribution in [0.4, 0.5) is 4.79 Å².